The van der Waals surface area contributed by atoms with Crippen LogP contribution in [0.2, 0.25) is 5.02 Å². The number of rotatable bonds is 3. The van der Waals surface area contributed by atoms with E-state index in [-0.39, 0.29) is 15.8 Å². The lowest BCUT2D eigenvalue weighted by molar-refractivity contribution is -0.384. The second-order valence-corrected chi connectivity index (χ2v) is 6.18. The number of benzene rings is 2. The number of nitro groups is 1. The van der Waals surface area contributed by atoms with Crippen LogP contribution >= 0.6 is 23.8 Å². The number of carbonyl (C=O) groups excluding carboxylic acids is 1. The van der Waals surface area contributed by atoms with E-state index in [1.54, 1.807) is 12.1 Å². The van der Waals surface area contributed by atoms with Crippen LogP contribution in [0.1, 0.15) is 21.5 Å². The Kier molecular flexibility index (Phi) is 5.55. The third-order valence-corrected chi connectivity index (χ3v) is 3.73. The van der Waals surface area contributed by atoms with Crippen LogP contribution in [0.25, 0.3) is 0 Å². The Balaban J connectivity index is 2.13. The van der Waals surface area contributed by atoms with Gasteiger partial charge in [0.25, 0.3) is 11.6 Å². The predicted octanol–water partition coefficient (Wildman–Crippen LogP) is 3.70. The molecule has 0 aliphatic carbocycles. The molecular formula is C16H14ClN3O4S. The van der Waals surface area contributed by atoms with Gasteiger partial charge in [0, 0.05) is 5.56 Å². The van der Waals surface area contributed by atoms with E-state index < -0.39 is 22.3 Å². The van der Waals surface area contributed by atoms with Crippen LogP contribution < -0.4 is 10.6 Å². The molecule has 9 heteroatoms. The van der Waals surface area contributed by atoms with Gasteiger partial charge in [0.2, 0.25) is 0 Å². The number of aryl methyl sites for hydroxylation is 2. The quantitative estimate of drug-likeness (QED) is 0.325. The Hall–Kier alpha value is -2.71. The third kappa shape index (κ3) is 4.65. The van der Waals surface area contributed by atoms with Crippen LogP contribution in [0.15, 0.2) is 30.3 Å². The van der Waals surface area contributed by atoms with Gasteiger partial charge in [0.15, 0.2) is 5.11 Å². The summed E-state index contributed by atoms with van der Waals surface area (Å²) >= 11 is 10.8. The molecule has 0 spiro atoms. The number of hydrogen-bond donors (Lipinski definition) is 3. The number of thiocarbonyl (C=S) groups is 1. The molecule has 0 aliphatic heterocycles. The smallest absolute Gasteiger partial charge is 0.291 e. The largest absolute Gasteiger partial charge is 0.506 e. The summed E-state index contributed by atoms with van der Waals surface area (Å²) < 4.78 is 0. The summed E-state index contributed by atoms with van der Waals surface area (Å²) in [6.07, 6.45) is 0. The Morgan fingerprint density at radius 1 is 1.20 bits per heavy atom. The van der Waals surface area contributed by atoms with Crippen LogP contribution in [-0.4, -0.2) is 21.0 Å². The van der Waals surface area contributed by atoms with Crippen molar-refractivity contribution in [2.45, 2.75) is 13.8 Å². The molecule has 130 valence electrons. The summed E-state index contributed by atoms with van der Waals surface area (Å²) in [6.45, 7) is 3.74. The fourth-order valence-electron chi connectivity index (χ4n) is 2.23. The predicted molar refractivity (Wildman–Crippen MR) is 99.4 cm³/mol. The van der Waals surface area contributed by atoms with Gasteiger partial charge < -0.3 is 10.4 Å². The van der Waals surface area contributed by atoms with Crippen molar-refractivity contribution >= 4 is 46.2 Å². The van der Waals surface area contributed by atoms with Gasteiger partial charge in [-0.05, 0) is 44.3 Å². The highest BCUT2D eigenvalue weighted by molar-refractivity contribution is 7.80. The van der Waals surface area contributed by atoms with E-state index in [1.165, 1.54) is 0 Å². The van der Waals surface area contributed by atoms with Gasteiger partial charge in [-0.2, -0.15) is 0 Å². The first-order valence-corrected chi connectivity index (χ1v) is 7.83. The fourth-order valence-corrected chi connectivity index (χ4v) is 2.66. The normalized spacial score (nSPS) is 10.2. The first-order valence-electron chi connectivity index (χ1n) is 7.05. The maximum atomic E-state index is 12.2. The number of halogens is 1. The third-order valence-electron chi connectivity index (χ3n) is 3.22. The van der Waals surface area contributed by atoms with E-state index in [0.29, 0.717) is 5.56 Å². The van der Waals surface area contributed by atoms with Gasteiger partial charge >= 0.3 is 0 Å². The van der Waals surface area contributed by atoms with Gasteiger partial charge in [-0.3, -0.25) is 20.2 Å². The van der Waals surface area contributed by atoms with E-state index in [9.17, 15) is 20.0 Å². The Labute approximate surface area is 153 Å². The van der Waals surface area contributed by atoms with Gasteiger partial charge in [0.05, 0.1) is 16.7 Å². The Morgan fingerprint density at radius 3 is 2.36 bits per heavy atom. The molecule has 0 aromatic heterocycles. The molecule has 0 bridgehead atoms. The lowest BCUT2D eigenvalue weighted by Crippen LogP contribution is -2.34. The molecule has 2 rings (SSSR count). The lowest BCUT2D eigenvalue weighted by Gasteiger charge is -2.12. The molecular weight excluding hydrogens is 366 g/mol. The van der Waals surface area contributed by atoms with E-state index >= 15 is 0 Å². The molecule has 7 nitrogen and oxygen atoms in total. The molecule has 0 unspecified atom stereocenters. The second-order valence-electron chi connectivity index (χ2n) is 5.36. The summed E-state index contributed by atoms with van der Waals surface area (Å²) in [6, 6.07) is 7.42. The van der Waals surface area contributed by atoms with Crippen molar-refractivity contribution in [1.29, 1.82) is 0 Å². The van der Waals surface area contributed by atoms with Crippen LogP contribution in [0.3, 0.4) is 0 Å². The van der Waals surface area contributed by atoms with Crippen molar-refractivity contribution in [1.82, 2.24) is 5.32 Å². The van der Waals surface area contributed by atoms with Crippen molar-refractivity contribution in [3.63, 3.8) is 0 Å². The fraction of sp³-hybridized carbons (Fsp3) is 0.125. The van der Waals surface area contributed by atoms with Gasteiger partial charge in [-0.1, -0.05) is 28.8 Å². The zero-order chi connectivity index (χ0) is 18.7. The number of nitrogens with zero attached hydrogens (tertiary/aromatic N) is 1. The van der Waals surface area contributed by atoms with E-state index in [0.717, 1.165) is 23.3 Å². The summed E-state index contributed by atoms with van der Waals surface area (Å²) in [7, 11) is 0. The minimum atomic E-state index is -0.716. The number of hydrogen-bond acceptors (Lipinski definition) is 5. The van der Waals surface area contributed by atoms with Crippen LogP contribution in [0.4, 0.5) is 11.4 Å². The highest BCUT2D eigenvalue weighted by atomic mass is 35.5. The molecule has 0 heterocycles. The summed E-state index contributed by atoms with van der Waals surface area (Å²) in [4.78, 5) is 22.3. The van der Waals surface area contributed by atoms with Gasteiger partial charge in [-0.15, -0.1) is 0 Å². The number of amides is 1. The number of anilines is 1. The number of phenolic OH excluding ortho intramolecular Hbond substituents is 1. The number of nitro benzene ring substituents is 1. The zero-order valence-corrected chi connectivity index (χ0v) is 14.9. The van der Waals surface area contributed by atoms with E-state index in [1.807, 2.05) is 19.9 Å². The first kappa shape index (κ1) is 18.6. The molecule has 0 atom stereocenters. The maximum absolute atomic E-state index is 12.2. The van der Waals surface area contributed by atoms with Crippen molar-refractivity contribution in [2.75, 3.05) is 5.32 Å². The number of phenols is 1. The van der Waals surface area contributed by atoms with Gasteiger partial charge in [-0.25, -0.2) is 0 Å². The van der Waals surface area contributed by atoms with Crippen molar-refractivity contribution < 1.29 is 14.8 Å². The molecule has 2 aromatic carbocycles. The molecule has 1 amide bonds. The topological polar surface area (TPSA) is 104 Å². The molecule has 0 saturated heterocycles. The SMILES string of the molecule is Cc1cc(C)cc(C(=O)NC(=S)Nc2cc(Cl)c([N+](=O)[O-])cc2O)c1. The maximum Gasteiger partial charge on any atom is 0.291 e. The molecule has 0 saturated carbocycles. The van der Waals surface area contributed by atoms with Crippen molar-refractivity contribution in [3.8, 4) is 5.75 Å². The molecule has 0 fully saturated rings. The zero-order valence-electron chi connectivity index (χ0n) is 13.3. The van der Waals surface area contributed by atoms with E-state index in [2.05, 4.69) is 10.6 Å². The number of nitrogens with one attached hydrogen (secondary N) is 2. The van der Waals surface area contributed by atoms with Crippen molar-refractivity contribution in [3.05, 3.63) is 62.2 Å². The average molecular weight is 380 g/mol. The van der Waals surface area contributed by atoms with Gasteiger partial charge in [0.1, 0.15) is 10.8 Å². The van der Waals surface area contributed by atoms with Crippen LogP contribution in [0.5, 0.6) is 5.75 Å². The molecule has 2 aromatic rings. The molecule has 0 aliphatic rings. The highest BCUT2D eigenvalue weighted by Gasteiger charge is 2.18. The second kappa shape index (κ2) is 7.45. The highest BCUT2D eigenvalue weighted by Crippen LogP contribution is 2.34. The Bertz CT molecular complexity index is 866. The Morgan fingerprint density at radius 2 is 1.80 bits per heavy atom. The lowest BCUT2D eigenvalue weighted by atomic mass is 10.1. The van der Waals surface area contributed by atoms with E-state index in [4.69, 9.17) is 23.8 Å². The number of aromatic hydroxyl groups is 1. The van der Waals surface area contributed by atoms with Crippen LogP contribution in [0, 0.1) is 24.0 Å². The minimum absolute atomic E-state index is 0.0429. The summed E-state index contributed by atoms with van der Waals surface area (Å²) in [5.41, 5.74) is 1.91. The average Bonchev–Trinajstić information content (AvgIpc) is 2.49. The first-order chi connectivity index (χ1) is 11.7. The standard InChI is InChI=1S/C16H14ClN3O4S/c1-8-3-9(2)5-10(4-8)15(22)19-16(25)18-12-6-11(17)13(20(23)24)7-14(12)21/h3-7,21H,1-2H3,(H2,18,19,22,25). The number of carbonyl (C=O) groups is 1. The molecule has 25 heavy (non-hydrogen) atoms. The summed E-state index contributed by atoms with van der Waals surface area (Å²) in [5, 5.41) is 25.4. The summed E-state index contributed by atoms with van der Waals surface area (Å²) in [5.74, 6) is -0.837. The molecule has 3 N–H and O–H groups in total. The minimum Gasteiger partial charge on any atom is -0.506 e. The van der Waals surface area contributed by atoms with Crippen molar-refractivity contribution in [2.24, 2.45) is 0 Å². The monoisotopic (exact) mass is 379 g/mol. The molecule has 0 radical (unpaired) electrons. The van der Waals surface area contributed by atoms with Crippen LogP contribution in [-0.2, 0) is 0 Å².